The van der Waals surface area contributed by atoms with Crippen molar-refractivity contribution in [2.24, 2.45) is 0 Å². The van der Waals surface area contributed by atoms with Crippen LogP contribution in [0.15, 0.2) is 71.1 Å². The molecule has 4 aromatic rings. The van der Waals surface area contributed by atoms with E-state index in [2.05, 4.69) is 10.3 Å². The summed E-state index contributed by atoms with van der Waals surface area (Å²) in [4.78, 5) is 17.1. The number of nitrogens with one attached hydrogen (secondary N) is 1. The predicted octanol–water partition coefficient (Wildman–Crippen LogP) is 6.19. The molecule has 0 spiro atoms. The number of nitrogens with zero attached hydrogens (tertiary/aromatic N) is 1. The summed E-state index contributed by atoms with van der Waals surface area (Å²) in [5.74, 6) is 0.895. The number of benzene rings is 3. The van der Waals surface area contributed by atoms with Gasteiger partial charge in [-0.25, -0.2) is 4.98 Å². The van der Waals surface area contributed by atoms with Gasteiger partial charge in [0.25, 0.3) is 5.91 Å². The van der Waals surface area contributed by atoms with Gasteiger partial charge in [0.15, 0.2) is 5.58 Å². The monoisotopic (exact) mass is 406 g/mol. The Morgan fingerprint density at radius 3 is 2.79 bits per heavy atom. The average molecular weight is 407 g/mol. The molecule has 0 saturated heterocycles. The molecule has 0 fully saturated rings. The van der Waals surface area contributed by atoms with Crippen LogP contribution in [-0.2, 0) is 0 Å². The van der Waals surface area contributed by atoms with Crippen LogP contribution in [0, 0.1) is 0 Å². The zero-order valence-electron chi connectivity index (χ0n) is 15.8. The molecule has 0 aliphatic rings. The topological polar surface area (TPSA) is 64.4 Å². The fourth-order valence-corrected chi connectivity index (χ4v) is 3.12. The van der Waals surface area contributed by atoms with Gasteiger partial charge in [0.05, 0.1) is 17.2 Å². The minimum Gasteiger partial charge on any atom is -0.494 e. The van der Waals surface area contributed by atoms with E-state index in [1.807, 2.05) is 31.2 Å². The zero-order chi connectivity index (χ0) is 20.2. The van der Waals surface area contributed by atoms with Gasteiger partial charge in [-0.05, 0) is 55.0 Å². The van der Waals surface area contributed by atoms with Crippen molar-refractivity contribution in [2.75, 3.05) is 11.9 Å². The van der Waals surface area contributed by atoms with Crippen molar-refractivity contribution in [3.63, 3.8) is 0 Å². The number of ether oxygens (including phenoxy) is 1. The van der Waals surface area contributed by atoms with Crippen molar-refractivity contribution in [3.8, 4) is 17.2 Å². The smallest absolute Gasteiger partial charge is 0.255 e. The maximum atomic E-state index is 12.6. The predicted molar refractivity (Wildman–Crippen MR) is 115 cm³/mol. The summed E-state index contributed by atoms with van der Waals surface area (Å²) in [7, 11) is 0. The minimum atomic E-state index is -0.221. The Morgan fingerprint density at radius 2 is 1.97 bits per heavy atom. The number of halogens is 1. The van der Waals surface area contributed by atoms with E-state index in [9.17, 15) is 4.79 Å². The minimum absolute atomic E-state index is 0.221. The molecular weight excluding hydrogens is 388 g/mol. The largest absolute Gasteiger partial charge is 0.494 e. The van der Waals surface area contributed by atoms with Gasteiger partial charge in [0, 0.05) is 11.3 Å². The number of fused-ring (bicyclic) bond motifs is 1. The van der Waals surface area contributed by atoms with Crippen molar-refractivity contribution >= 4 is 34.3 Å². The molecule has 29 heavy (non-hydrogen) atoms. The van der Waals surface area contributed by atoms with Crippen LogP contribution < -0.4 is 10.1 Å². The molecule has 0 radical (unpaired) electrons. The van der Waals surface area contributed by atoms with Gasteiger partial charge in [-0.3, -0.25) is 4.79 Å². The first kappa shape index (κ1) is 19.0. The third kappa shape index (κ3) is 4.25. The highest BCUT2D eigenvalue weighted by Crippen LogP contribution is 2.30. The summed E-state index contributed by atoms with van der Waals surface area (Å²) < 4.78 is 11.4. The summed E-state index contributed by atoms with van der Waals surface area (Å²) >= 11 is 6.23. The summed E-state index contributed by atoms with van der Waals surface area (Å²) in [5, 5.41) is 3.46. The molecule has 4 rings (SSSR count). The van der Waals surface area contributed by atoms with Crippen molar-refractivity contribution in [1.82, 2.24) is 4.98 Å². The fourth-order valence-electron chi connectivity index (χ4n) is 2.91. The summed E-state index contributed by atoms with van der Waals surface area (Å²) in [6.07, 6.45) is 0.907. The first-order valence-corrected chi connectivity index (χ1v) is 9.71. The summed E-state index contributed by atoms with van der Waals surface area (Å²) in [6.45, 7) is 2.65. The summed E-state index contributed by atoms with van der Waals surface area (Å²) in [5.41, 5.74) is 3.13. The van der Waals surface area contributed by atoms with E-state index in [1.165, 1.54) is 0 Å². The van der Waals surface area contributed by atoms with E-state index in [4.69, 9.17) is 20.8 Å². The Balaban J connectivity index is 1.56. The maximum Gasteiger partial charge on any atom is 0.255 e. The molecule has 3 aromatic carbocycles. The van der Waals surface area contributed by atoms with Gasteiger partial charge in [0.1, 0.15) is 11.3 Å². The number of carbonyl (C=O) groups is 1. The van der Waals surface area contributed by atoms with Crippen LogP contribution in [0.5, 0.6) is 5.75 Å². The Bertz CT molecular complexity index is 1170. The molecule has 0 aliphatic carbocycles. The van der Waals surface area contributed by atoms with Crippen molar-refractivity contribution in [2.45, 2.75) is 13.3 Å². The van der Waals surface area contributed by atoms with Crippen LogP contribution in [0.4, 0.5) is 5.69 Å². The van der Waals surface area contributed by atoms with E-state index in [0.29, 0.717) is 45.6 Å². The van der Waals surface area contributed by atoms with Gasteiger partial charge in [-0.15, -0.1) is 0 Å². The lowest BCUT2D eigenvalue weighted by Crippen LogP contribution is -2.12. The SMILES string of the molecule is CCCOc1cccc(C(=O)Nc2ccc3oc(-c4ccccc4Cl)nc3c2)c1. The zero-order valence-corrected chi connectivity index (χ0v) is 16.6. The Kier molecular flexibility index (Phi) is 5.49. The van der Waals surface area contributed by atoms with Gasteiger partial charge in [-0.1, -0.05) is 36.7 Å². The van der Waals surface area contributed by atoms with Gasteiger partial charge in [-0.2, -0.15) is 0 Å². The maximum absolute atomic E-state index is 12.6. The summed E-state index contributed by atoms with van der Waals surface area (Å²) in [6, 6.07) is 19.8. The fraction of sp³-hybridized carbons (Fsp3) is 0.130. The molecule has 5 nitrogen and oxygen atoms in total. The van der Waals surface area contributed by atoms with Gasteiger partial charge < -0.3 is 14.5 Å². The Morgan fingerprint density at radius 1 is 1.10 bits per heavy atom. The highest BCUT2D eigenvalue weighted by molar-refractivity contribution is 6.33. The molecule has 146 valence electrons. The second-order valence-electron chi connectivity index (χ2n) is 6.51. The van der Waals surface area contributed by atoms with Crippen LogP contribution in [0.25, 0.3) is 22.6 Å². The first-order chi connectivity index (χ1) is 14.1. The molecule has 0 saturated carbocycles. The lowest BCUT2D eigenvalue weighted by Gasteiger charge is -2.08. The third-order valence-corrected chi connectivity index (χ3v) is 4.65. The number of hydrogen-bond donors (Lipinski definition) is 1. The first-order valence-electron chi connectivity index (χ1n) is 9.34. The number of amides is 1. The quantitative estimate of drug-likeness (QED) is 0.414. The number of anilines is 1. The molecule has 0 bridgehead atoms. The Hall–Kier alpha value is -3.31. The lowest BCUT2D eigenvalue weighted by atomic mass is 10.2. The normalized spacial score (nSPS) is 10.8. The van der Waals surface area contributed by atoms with Crippen LogP contribution in [0.2, 0.25) is 5.02 Å². The number of oxazole rings is 1. The molecule has 1 heterocycles. The van der Waals surface area contributed by atoms with Crippen molar-refractivity contribution < 1.29 is 13.9 Å². The van der Waals surface area contributed by atoms with Crippen molar-refractivity contribution in [1.29, 1.82) is 0 Å². The van der Waals surface area contributed by atoms with Gasteiger partial charge >= 0.3 is 0 Å². The van der Waals surface area contributed by atoms with E-state index < -0.39 is 0 Å². The van der Waals surface area contributed by atoms with E-state index in [1.54, 1.807) is 42.5 Å². The molecule has 0 atom stereocenters. The average Bonchev–Trinajstić information content (AvgIpc) is 3.16. The van der Waals surface area contributed by atoms with E-state index >= 15 is 0 Å². The molecule has 6 heteroatoms. The van der Waals surface area contributed by atoms with Crippen LogP contribution >= 0.6 is 11.6 Å². The van der Waals surface area contributed by atoms with Crippen LogP contribution in [-0.4, -0.2) is 17.5 Å². The molecule has 1 amide bonds. The molecule has 1 aromatic heterocycles. The van der Waals surface area contributed by atoms with E-state index in [-0.39, 0.29) is 5.91 Å². The standard InChI is InChI=1S/C23H19ClN2O3/c1-2-12-28-17-7-5-6-15(13-17)22(27)25-16-10-11-21-20(14-16)26-23(29-21)18-8-3-4-9-19(18)24/h3-11,13-14H,2,12H2,1H3,(H,25,27). The van der Waals surface area contributed by atoms with Crippen LogP contribution in [0.3, 0.4) is 0 Å². The highest BCUT2D eigenvalue weighted by Gasteiger charge is 2.13. The Labute approximate surface area is 173 Å². The lowest BCUT2D eigenvalue weighted by molar-refractivity contribution is 0.102. The van der Waals surface area contributed by atoms with E-state index in [0.717, 1.165) is 12.0 Å². The van der Waals surface area contributed by atoms with Gasteiger partial charge in [0.2, 0.25) is 5.89 Å². The molecule has 0 unspecified atom stereocenters. The number of rotatable bonds is 6. The molecular formula is C23H19ClN2O3. The van der Waals surface area contributed by atoms with Crippen LogP contribution in [0.1, 0.15) is 23.7 Å². The second-order valence-corrected chi connectivity index (χ2v) is 6.92. The highest BCUT2D eigenvalue weighted by atomic mass is 35.5. The molecule has 0 aliphatic heterocycles. The second kappa shape index (κ2) is 8.37. The van der Waals surface area contributed by atoms with Crippen molar-refractivity contribution in [3.05, 3.63) is 77.3 Å². The number of hydrogen-bond acceptors (Lipinski definition) is 4. The third-order valence-electron chi connectivity index (χ3n) is 4.32. The molecule has 1 N–H and O–H groups in total. The number of aromatic nitrogens is 1. The number of carbonyl (C=O) groups excluding carboxylic acids is 1.